The van der Waals surface area contributed by atoms with Crippen LogP contribution in [0, 0.1) is 0 Å². The first kappa shape index (κ1) is 15.3. The first-order valence-electron chi connectivity index (χ1n) is 7.91. The molecule has 3 heterocycles. The second-order valence-electron chi connectivity index (χ2n) is 5.66. The Kier molecular flexibility index (Phi) is 3.87. The summed E-state index contributed by atoms with van der Waals surface area (Å²) in [6.45, 7) is 1.15. The molecule has 0 saturated heterocycles. The van der Waals surface area contributed by atoms with Gasteiger partial charge in [-0.25, -0.2) is 4.98 Å². The number of hydrogen-bond acceptors (Lipinski definition) is 7. The maximum atomic E-state index is 8.98. The van der Waals surface area contributed by atoms with Crippen molar-refractivity contribution >= 4 is 40.3 Å². The summed E-state index contributed by atoms with van der Waals surface area (Å²) in [5.74, 6) is 1.42. The molecule has 3 aromatic rings. The number of hydrogen-bond donors (Lipinski definition) is 3. The van der Waals surface area contributed by atoms with E-state index < -0.39 is 0 Å². The predicted octanol–water partition coefficient (Wildman–Crippen LogP) is 1.61. The van der Waals surface area contributed by atoms with Gasteiger partial charge in [-0.05, 0) is 29.3 Å². The number of aliphatic hydroxyl groups excluding tert-OH is 1. The van der Waals surface area contributed by atoms with Crippen molar-refractivity contribution in [2.24, 2.45) is 4.99 Å². The van der Waals surface area contributed by atoms with E-state index in [0.717, 1.165) is 22.0 Å². The monoisotopic (exact) mass is 335 g/mol. The van der Waals surface area contributed by atoms with Gasteiger partial charge in [0.2, 0.25) is 5.95 Å². The fourth-order valence-corrected chi connectivity index (χ4v) is 2.75. The average molecular weight is 335 g/mol. The van der Waals surface area contributed by atoms with Crippen molar-refractivity contribution in [3.05, 3.63) is 42.1 Å². The summed E-state index contributed by atoms with van der Waals surface area (Å²) >= 11 is 0. The Balaban J connectivity index is 1.70. The lowest BCUT2D eigenvalue weighted by molar-refractivity contribution is 0.269. The second kappa shape index (κ2) is 6.33. The van der Waals surface area contributed by atoms with Gasteiger partial charge in [0, 0.05) is 23.9 Å². The topological polar surface area (TPSA) is 114 Å². The number of benzene rings is 1. The highest BCUT2D eigenvalue weighted by Crippen LogP contribution is 2.27. The molecular weight excluding hydrogens is 318 g/mol. The first-order chi connectivity index (χ1) is 12.2. The second-order valence-corrected chi connectivity index (χ2v) is 5.66. The highest BCUT2D eigenvalue weighted by Gasteiger charge is 2.11. The van der Waals surface area contributed by atoms with Gasteiger partial charge in [0.1, 0.15) is 5.82 Å². The van der Waals surface area contributed by atoms with Crippen molar-refractivity contribution in [2.45, 2.75) is 6.54 Å². The molecule has 2 aromatic heterocycles. The zero-order chi connectivity index (χ0) is 17.2. The summed E-state index contributed by atoms with van der Waals surface area (Å²) in [5.41, 5.74) is 8.85. The first-order valence-corrected chi connectivity index (χ1v) is 7.91. The van der Waals surface area contributed by atoms with Crippen LogP contribution in [0.15, 0.2) is 41.5 Å². The number of nitrogen functional groups attached to an aromatic ring is 1. The molecule has 0 radical (unpaired) electrons. The Morgan fingerprint density at radius 2 is 2.16 bits per heavy atom. The molecule has 1 aliphatic rings. The van der Waals surface area contributed by atoms with Gasteiger partial charge in [0.25, 0.3) is 0 Å². The zero-order valence-corrected chi connectivity index (χ0v) is 13.4. The van der Waals surface area contributed by atoms with E-state index in [0.29, 0.717) is 24.7 Å². The van der Waals surface area contributed by atoms with Crippen molar-refractivity contribution in [3.63, 3.8) is 0 Å². The fourth-order valence-electron chi connectivity index (χ4n) is 2.75. The third-order valence-corrected chi connectivity index (χ3v) is 3.94. The van der Waals surface area contributed by atoms with Crippen LogP contribution in [-0.2, 0) is 6.54 Å². The van der Waals surface area contributed by atoms with E-state index in [1.807, 2.05) is 36.6 Å². The van der Waals surface area contributed by atoms with Crippen molar-refractivity contribution in [3.8, 4) is 0 Å². The van der Waals surface area contributed by atoms with E-state index in [2.05, 4.69) is 25.4 Å². The number of nitrogens with zero attached hydrogens (tertiary/aromatic N) is 5. The van der Waals surface area contributed by atoms with E-state index in [-0.39, 0.29) is 12.6 Å². The lowest BCUT2D eigenvalue weighted by atomic mass is 10.0. The third-order valence-electron chi connectivity index (χ3n) is 3.94. The molecule has 1 aliphatic heterocycles. The van der Waals surface area contributed by atoms with Crippen molar-refractivity contribution in [1.29, 1.82) is 0 Å². The Hall–Kier alpha value is -3.26. The Bertz CT molecular complexity index is 990. The van der Waals surface area contributed by atoms with Crippen molar-refractivity contribution in [2.75, 3.05) is 24.2 Å². The number of nitrogens with two attached hydrogens (primary N) is 1. The molecule has 4 N–H and O–H groups in total. The fraction of sp³-hybridized carbons (Fsp3) is 0.176. The summed E-state index contributed by atoms with van der Waals surface area (Å²) < 4.78 is 1.65. The molecule has 0 aliphatic carbocycles. The van der Waals surface area contributed by atoms with Gasteiger partial charge in [-0.2, -0.15) is 10.1 Å². The summed E-state index contributed by atoms with van der Waals surface area (Å²) in [5, 5.41) is 17.3. The quantitative estimate of drug-likeness (QED) is 0.653. The van der Waals surface area contributed by atoms with Crippen molar-refractivity contribution < 1.29 is 5.11 Å². The van der Waals surface area contributed by atoms with Crippen LogP contribution in [0.1, 0.15) is 5.56 Å². The third kappa shape index (κ3) is 3.07. The van der Waals surface area contributed by atoms with Crippen LogP contribution in [0.3, 0.4) is 0 Å². The molecule has 0 unspecified atom stereocenters. The van der Waals surface area contributed by atoms with Gasteiger partial charge < -0.3 is 16.2 Å². The van der Waals surface area contributed by atoms with Crippen LogP contribution in [0.2, 0.25) is 0 Å². The van der Waals surface area contributed by atoms with Gasteiger partial charge >= 0.3 is 0 Å². The molecule has 0 bridgehead atoms. The number of aromatic nitrogens is 4. The molecule has 0 amide bonds. The van der Waals surface area contributed by atoms with Crippen LogP contribution >= 0.6 is 0 Å². The Labute approximate surface area is 143 Å². The minimum Gasteiger partial charge on any atom is -0.394 e. The highest BCUT2D eigenvalue weighted by molar-refractivity contribution is 5.96. The van der Waals surface area contributed by atoms with Crippen LogP contribution in [0.25, 0.3) is 16.5 Å². The SMILES string of the molecule is Nc1nc(Nc2ccn(CCO)n2)c2ccc(C3=CC=NC3)cc2n1. The molecule has 1 aromatic carbocycles. The van der Waals surface area contributed by atoms with Crippen LogP contribution < -0.4 is 11.1 Å². The molecule has 25 heavy (non-hydrogen) atoms. The Morgan fingerprint density at radius 1 is 1.24 bits per heavy atom. The maximum Gasteiger partial charge on any atom is 0.222 e. The molecule has 0 atom stereocenters. The van der Waals surface area contributed by atoms with Gasteiger partial charge in [-0.3, -0.25) is 9.67 Å². The number of rotatable bonds is 5. The number of fused-ring (bicyclic) bond motifs is 1. The van der Waals surface area contributed by atoms with Crippen LogP contribution in [0.5, 0.6) is 0 Å². The molecule has 8 heteroatoms. The Morgan fingerprint density at radius 3 is 2.96 bits per heavy atom. The number of anilines is 3. The minimum absolute atomic E-state index is 0.0346. The highest BCUT2D eigenvalue weighted by atomic mass is 16.3. The molecule has 4 rings (SSSR count). The van der Waals surface area contributed by atoms with Crippen molar-refractivity contribution in [1.82, 2.24) is 19.7 Å². The summed E-state index contributed by atoms with van der Waals surface area (Å²) in [6, 6.07) is 7.80. The molecule has 0 fully saturated rings. The van der Waals surface area contributed by atoms with E-state index in [9.17, 15) is 0 Å². The zero-order valence-electron chi connectivity index (χ0n) is 13.4. The lowest BCUT2D eigenvalue weighted by Gasteiger charge is -2.09. The molecular formula is C17H17N7O. The van der Waals surface area contributed by atoms with E-state index in [1.54, 1.807) is 10.9 Å². The number of allylic oxidation sites excluding steroid dienone is 1. The maximum absolute atomic E-state index is 8.98. The van der Waals surface area contributed by atoms with Gasteiger partial charge in [0.15, 0.2) is 5.82 Å². The summed E-state index contributed by atoms with van der Waals surface area (Å²) in [7, 11) is 0. The summed E-state index contributed by atoms with van der Waals surface area (Å²) in [6.07, 6.45) is 5.60. The van der Waals surface area contributed by atoms with Crippen LogP contribution in [-0.4, -0.2) is 44.2 Å². The molecule has 0 spiro atoms. The minimum atomic E-state index is 0.0346. The standard InChI is InChI=1S/C17H17N7O/c18-17-20-14-9-11(12-3-5-19-10-12)1-2-13(14)16(22-17)21-15-4-6-24(23-15)7-8-25/h1-6,9,25H,7-8,10H2,(H3,18,20,21,22,23). The smallest absolute Gasteiger partial charge is 0.222 e. The number of aliphatic hydroxyl groups is 1. The normalized spacial score (nSPS) is 13.4. The number of aliphatic imine (C=N–C) groups is 1. The average Bonchev–Trinajstić information content (AvgIpc) is 3.26. The number of nitrogens with one attached hydrogen (secondary N) is 1. The van der Waals surface area contributed by atoms with E-state index in [1.165, 1.54) is 0 Å². The van der Waals surface area contributed by atoms with Gasteiger partial charge in [0.05, 0.1) is 25.2 Å². The lowest BCUT2D eigenvalue weighted by Crippen LogP contribution is -2.05. The summed E-state index contributed by atoms with van der Waals surface area (Å²) in [4.78, 5) is 12.9. The molecule has 126 valence electrons. The largest absolute Gasteiger partial charge is 0.394 e. The molecule has 8 nitrogen and oxygen atoms in total. The van der Waals surface area contributed by atoms with Gasteiger partial charge in [-0.1, -0.05) is 6.07 Å². The van der Waals surface area contributed by atoms with Gasteiger partial charge in [-0.15, -0.1) is 0 Å². The van der Waals surface area contributed by atoms with E-state index in [4.69, 9.17) is 10.8 Å². The molecule has 0 saturated carbocycles. The van der Waals surface area contributed by atoms with Crippen LogP contribution in [0.4, 0.5) is 17.6 Å². The predicted molar refractivity (Wildman–Crippen MR) is 97.9 cm³/mol. The van der Waals surface area contributed by atoms with E-state index >= 15 is 0 Å².